The average Bonchev–Trinajstić information content (AvgIpc) is 1.48. The first kappa shape index (κ1) is 91.6. The van der Waals surface area contributed by atoms with Gasteiger partial charge < -0.3 is 17.7 Å². The Morgan fingerprint density at radius 3 is 1.07 bits per heavy atom. The van der Waals surface area contributed by atoms with Crippen molar-refractivity contribution in [2.75, 3.05) is 0 Å². The van der Waals surface area contributed by atoms with Crippen molar-refractivity contribution in [2.24, 2.45) is 28.2 Å². The zero-order chi connectivity index (χ0) is 99.1. The van der Waals surface area contributed by atoms with Crippen LogP contribution in [0, 0.1) is 55.4 Å². The number of pyridine rings is 5. The van der Waals surface area contributed by atoms with Crippen LogP contribution < -0.4 is 18.3 Å². The van der Waals surface area contributed by atoms with Crippen LogP contribution in [0.15, 0.2) is 255 Å². The van der Waals surface area contributed by atoms with Crippen molar-refractivity contribution < 1.29 is 35.9 Å². The molecule has 28 rings (SSSR count). The van der Waals surface area contributed by atoms with Crippen LogP contribution in [0.5, 0.6) is 0 Å². The normalized spacial score (nSPS) is 15.9. The zero-order valence-electron chi connectivity index (χ0n) is 88.0. The van der Waals surface area contributed by atoms with Gasteiger partial charge in [0.15, 0.2) is 30.4 Å². The number of hydrogen-bond acceptors (Lipinski definition) is 5. The summed E-state index contributed by atoms with van der Waals surface area (Å²) >= 11 is 0. The topological polar surface area (TPSA) is 81.0 Å². The molecule has 0 bridgehead atoms. The Labute approximate surface area is 848 Å². The van der Waals surface area contributed by atoms with E-state index in [2.05, 4.69) is 394 Å². The lowest BCUT2D eigenvalue weighted by Gasteiger charge is -2.26. The molecule has 0 aliphatic heterocycles. The van der Waals surface area contributed by atoms with Crippen molar-refractivity contribution in [3.63, 3.8) is 0 Å². The molecule has 4 fully saturated rings. The minimum atomic E-state index is 0.0497. The van der Waals surface area contributed by atoms with Crippen LogP contribution in [0.1, 0.15) is 293 Å². The fourth-order valence-electron chi connectivity index (χ4n) is 29.4. The third-order valence-electron chi connectivity index (χ3n) is 36.2. The monoisotopic (exact) mass is 1890 g/mol. The summed E-state index contributed by atoms with van der Waals surface area (Å²) in [5.41, 5.74) is 56.6. The number of aromatic nitrogens is 5. The van der Waals surface area contributed by atoms with E-state index in [0.29, 0.717) is 23.7 Å². The number of hydrogen-bond donors (Lipinski definition) is 0. The molecule has 8 aliphatic carbocycles. The summed E-state index contributed by atoms with van der Waals surface area (Å²) in [4.78, 5) is 5.31. The molecule has 9 nitrogen and oxygen atoms in total. The lowest BCUT2D eigenvalue weighted by Crippen LogP contribution is -2.32. The first-order valence-corrected chi connectivity index (χ1v) is 53.9. The Balaban J connectivity index is 0.000000101. The van der Waals surface area contributed by atoms with Crippen LogP contribution in [0.25, 0.3) is 177 Å². The van der Waals surface area contributed by atoms with Crippen molar-refractivity contribution in [1.82, 2.24) is 4.98 Å². The van der Waals surface area contributed by atoms with E-state index >= 15 is 0 Å². The third-order valence-corrected chi connectivity index (χ3v) is 36.2. The predicted molar refractivity (Wildman–Crippen MR) is 592 cm³/mol. The van der Waals surface area contributed by atoms with Crippen LogP contribution in [0.3, 0.4) is 0 Å². The van der Waals surface area contributed by atoms with Gasteiger partial charge in [-0.2, -0.15) is 0 Å². The molecule has 8 aliphatic rings. The van der Waals surface area contributed by atoms with Crippen LogP contribution in [-0.2, 0) is 49.9 Å². The second-order valence-corrected chi connectivity index (χ2v) is 45.9. The van der Waals surface area contributed by atoms with E-state index in [-0.39, 0.29) is 21.7 Å². The number of furan rings is 4. The van der Waals surface area contributed by atoms with E-state index < -0.39 is 0 Å². The molecule has 0 saturated heterocycles. The summed E-state index contributed by atoms with van der Waals surface area (Å²) in [6, 6.07) is 80.2. The summed E-state index contributed by atoms with van der Waals surface area (Å²) in [6.45, 7) is 35.9. The number of benzene rings is 11. The maximum absolute atomic E-state index is 7.05. The smallest absolute Gasteiger partial charge is 0.227 e. The molecule has 11 aromatic carbocycles. The Morgan fingerprint density at radius 2 is 0.590 bits per heavy atom. The highest BCUT2D eigenvalue weighted by Crippen LogP contribution is 2.65. The van der Waals surface area contributed by atoms with Crippen molar-refractivity contribution in [1.29, 1.82) is 0 Å². The van der Waals surface area contributed by atoms with E-state index in [1.165, 1.54) is 336 Å². The first-order valence-electron chi connectivity index (χ1n) is 53.9. The molecule has 0 atom stereocenters. The minimum absolute atomic E-state index is 0.0497. The van der Waals surface area contributed by atoms with Crippen LogP contribution in [-0.4, -0.2) is 4.98 Å². The average molecular weight is 1890 g/mol. The van der Waals surface area contributed by atoms with Gasteiger partial charge in [0.25, 0.3) is 0 Å². The molecular formula is C135H135N5O4+4. The lowest BCUT2D eigenvalue weighted by molar-refractivity contribution is -0.661. The van der Waals surface area contributed by atoms with Gasteiger partial charge in [-0.15, -0.1) is 0 Å². The summed E-state index contributed by atoms with van der Waals surface area (Å²) in [5.74, 6) is 1.94. The quantitative estimate of drug-likeness (QED) is 0.142. The molecule has 9 aromatic heterocycles. The molecule has 4 spiro atoms. The summed E-state index contributed by atoms with van der Waals surface area (Å²) in [7, 11) is 8.63. The van der Waals surface area contributed by atoms with E-state index in [1.54, 1.807) is 0 Å². The van der Waals surface area contributed by atoms with Gasteiger partial charge in [0.05, 0.1) is 27.9 Å². The second kappa shape index (κ2) is 34.0. The summed E-state index contributed by atoms with van der Waals surface area (Å²) < 4.78 is 36.6. The van der Waals surface area contributed by atoms with Gasteiger partial charge in [-0.25, -0.2) is 23.3 Å². The fourth-order valence-corrected chi connectivity index (χ4v) is 29.4. The van der Waals surface area contributed by atoms with Crippen molar-refractivity contribution >= 4 is 87.9 Å². The largest absolute Gasteiger partial charge is 0.455 e. The van der Waals surface area contributed by atoms with Crippen molar-refractivity contribution in [3.05, 3.63) is 349 Å². The van der Waals surface area contributed by atoms with Gasteiger partial charge in [0.1, 0.15) is 61.7 Å². The minimum Gasteiger partial charge on any atom is -0.455 e. The summed E-state index contributed by atoms with van der Waals surface area (Å²) in [5, 5.41) is 9.71. The number of nitrogens with zero attached hydrogens (tertiary/aromatic N) is 5. The molecule has 0 N–H and O–H groups in total. The number of rotatable bonds is 8. The molecule has 144 heavy (non-hydrogen) atoms. The zero-order valence-corrected chi connectivity index (χ0v) is 88.0. The van der Waals surface area contributed by atoms with Crippen LogP contribution in [0.4, 0.5) is 0 Å². The Bertz CT molecular complexity index is 8820. The second-order valence-electron chi connectivity index (χ2n) is 45.9. The SMILES string of the molecule is Cc1c[n+](C)c(-c2c(C)ccc3c2oc2c4c(ccc23)-c2ccccc2C42CCCC2)cc1C(C)C.Cc1c[n+](C)c(-c2c(C)ccc3c2oc2c4c(ccc23)C2(CCCC2)c2ccccc2-4)cc1C(C)C.Cc1cc(-c2c(C)ccc3c2oc2ccc4c(c23)-c2ccccc2C42CCCC2)[n+](C)cc1C(C)C.Cc1cc(-c2c(C)ccc3c2oc2nc4c(cc23)-c2ccccc2C42CCCC2)[n+](C)cc1C(C)C. The Kier molecular flexibility index (Phi) is 21.6. The van der Waals surface area contributed by atoms with Crippen molar-refractivity contribution in [2.45, 2.75) is 259 Å². The van der Waals surface area contributed by atoms with Gasteiger partial charge in [0, 0.05) is 128 Å². The molecular weight excluding hydrogens is 1760 g/mol. The van der Waals surface area contributed by atoms with Crippen LogP contribution in [0.2, 0.25) is 0 Å². The molecule has 9 heterocycles. The summed E-state index contributed by atoms with van der Waals surface area (Å²) in [6.07, 6.45) is 29.2. The number of aryl methyl sites for hydroxylation is 12. The van der Waals surface area contributed by atoms with E-state index in [0.717, 1.165) is 55.6 Å². The molecule has 0 unspecified atom stereocenters. The number of fused-ring (bicyclic) bond motifs is 35. The van der Waals surface area contributed by atoms with Gasteiger partial charge >= 0.3 is 0 Å². The van der Waals surface area contributed by atoms with E-state index in [4.69, 9.17) is 22.7 Å². The molecule has 20 aromatic rings. The lowest BCUT2D eigenvalue weighted by atomic mass is 9.76. The highest BCUT2D eigenvalue weighted by molar-refractivity contribution is 6.19. The van der Waals surface area contributed by atoms with E-state index in [9.17, 15) is 0 Å². The third kappa shape index (κ3) is 13.5. The first-order chi connectivity index (χ1) is 69.6. The maximum Gasteiger partial charge on any atom is 0.227 e. The van der Waals surface area contributed by atoms with Crippen LogP contribution >= 0.6 is 0 Å². The Morgan fingerprint density at radius 1 is 0.250 bits per heavy atom. The van der Waals surface area contributed by atoms with Gasteiger partial charge in [-0.3, -0.25) is 0 Å². The Hall–Kier alpha value is -13.6. The molecule has 4 saturated carbocycles. The van der Waals surface area contributed by atoms with E-state index in [1.807, 2.05) is 0 Å². The maximum atomic E-state index is 7.05. The molecule has 0 radical (unpaired) electrons. The van der Waals surface area contributed by atoms with Crippen molar-refractivity contribution in [3.8, 4) is 89.5 Å². The predicted octanol–water partition coefficient (Wildman–Crippen LogP) is 34.0. The highest BCUT2D eigenvalue weighted by Gasteiger charge is 2.52. The van der Waals surface area contributed by atoms with Gasteiger partial charge in [0.2, 0.25) is 28.5 Å². The molecule has 0 amide bonds. The van der Waals surface area contributed by atoms with Gasteiger partial charge in [-0.1, -0.05) is 277 Å². The molecule has 9 heteroatoms. The highest BCUT2D eigenvalue weighted by atomic mass is 16.3. The van der Waals surface area contributed by atoms with Gasteiger partial charge in [-0.05, 0) is 260 Å². The standard InChI is InChI=1S/3C34H34NO.C33H33N2O/c1-20(2)26-18-29(35(5)19-22(26)4)30-21(3)12-13-23-24-14-15-28-31(33(24)36-32(23)30)25-10-6-7-11-27(25)34(28)16-8-9-17-34;1-20(2)27-18-29(35(5)19-22(27)4)30-21(3)12-13-25-26-15-14-24-23-10-6-7-11-28(23)34(16-8-9-17-34)31(24)33(26)36-32(25)30;1-20(2)25-19-35(5)28(18-22(25)4)30-21(3)12-13-24-32-29(36-33(24)30)15-14-27-31(32)23-10-6-7-11-26(23)34(27)16-8-9-17-34;1-19(2)26-18-35(5)28(16-21(26)4)29-20(3)12-13-23-25-17-24-22-10-6-7-11-27(22)33(14-8-9-15-33)31(24)34-32(25)36-30(23)29/h3*6-7,10-15,18-20H,8-9,16-17H2,1-5H3;6-7,10-13,16-19H,8-9,14-15H2,1-5H3/q4*+1. The molecule has 720 valence electrons. The fraction of sp³-hybridized carbons (Fsp3) is 0.326.